The van der Waals surface area contributed by atoms with Crippen LogP contribution in [0.1, 0.15) is 29.3 Å². The summed E-state index contributed by atoms with van der Waals surface area (Å²) in [4.78, 5) is 24.6. The number of aliphatic hydroxyl groups is 1. The molecule has 1 aliphatic rings. The zero-order valence-corrected chi connectivity index (χ0v) is 11.8. The van der Waals surface area contributed by atoms with Gasteiger partial charge in [-0.3, -0.25) is 9.59 Å². The number of carbonyl (C=O) groups excluding carboxylic acids is 2. The Morgan fingerprint density at radius 1 is 1.45 bits per heavy atom. The molecule has 1 atom stereocenters. The lowest BCUT2D eigenvalue weighted by atomic mass is 10.0. The molecule has 5 heteroatoms. The number of aliphatic hydroxyl groups excluding tert-OH is 1. The zero-order valence-electron chi connectivity index (χ0n) is 11.8. The molecule has 0 spiro atoms. The molecule has 1 aromatic rings. The van der Waals surface area contributed by atoms with Gasteiger partial charge in [0.2, 0.25) is 0 Å². The molecule has 1 saturated heterocycles. The van der Waals surface area contributed by atoms with E-state index in [1.54, 1.807) is 6.07 Å². The van der Waals surface area contributed by atoms with Crippen LogP contribution in [0.3, 0.4) is 0 Å². The fourth-order valence-corrected chi connectivity index (χ4v) is 2.54. The number of hydrogen-bond acceptors (Lipinski definition) is 5. The Morgan fingerprint density at radius 3 is 2.80 bits per heavy atom. The normalized spacial score (nSPS) is 18.1. The highest BCUT2D eigenvalue weighted by molar-refractivity contribution is 5.98. The molecular weight excluding hydrogens is 258 g/mol. The minimum Gasteiger partial charge on any atom is -0.461 e. The molecule has 108 valence electrons. The van der Waals surface area contributed by atoms with E-state index in [1.165, 1.54) is 6.92 Å². The second-order valence-corrected chi connectivity index (χ2v) is 5.05. The summed E-state index contributed by atoms with van der Waals surface area (Å²) in [6.45, 7) is 4.30. The van der Waals surface area contributed by atoms with E-state index in [2.05, 4.69) is 4.90 Å². The number of benzene rings is 1. The van der Waals surface area contributed by atoms with Gasteiger partial charge in [0.15, 0.2) is 5.78 Å². The van der Waals surface area contributed by atoms with E-state index in [9.17, 15) is 9.59 Å². The van der Waals surface area contributed by atoms with Crippen molar-refractivity contribution in [3.8, 4) is 0 Å². The number of esters is 1. The van der Waals surface area contributed by atoms with Crippen molar-refractivity contribution in [3.05, 3.63) is 29.3 Å². The number of aryl methyl sites for hydroxylation is 1. The summed E-state index contributed by atoms with van der Waals surface area (Å²) in [6.07, 6.45) is 0.752. The molecule has 0 amide bonds. The number of ketones is 1. The number of ether oxygens (including phenoxy) is 1. The number of nitrogens with zero attached hydrogens (tertiary/aromatic N) is 1. The van der Waals surface area contributed by atoms with E-state index in [1.807, 2.05) is 19.1 Å². The first-order valence-electron chi connectivity index (χ1n) is 6.68. The minimum atomic E-state index is -0.474. The molecule has 1 aliphatic heterocycles. The molecular formula is C15H19NO4. The molecule has 0 saturated carbocycles. The van der Waals surface area contributed by atoms with Crippen LogP contribution in [0.4, 0.5) is 5.69 Å². The number of Topliss-reactive ketones (excluding diaryl/α,β-unsaturated/α-hetero) is 1. The summed E-state index contributed by atoms with van der Waals surface area (Å²) < 4.78 is 5.20. The Balaban J connectivity index is 2.09. The molecule has 2 rings (SSSR count). The maximum absolute atomic E-state index is 11.5. The van der Waals surface area contributed by atoms with E-state index in [-0.39, 0.29) is 17.9 Å². The smallest absolute Gasteiger partial charge is 0.302 e. The van der Waals surface area contributed by atoms with Crippen LogP contribution in [0.2, 0.25) is 0 Å². The van der Waals surface area contributed by atoms with Crippen LogP contribution in [0, 0.1) is 6.92 Å². The van der Waals surface area contributed by atoms with Crippen molar-refractivity contribution in [2.24, 2.45) is 0 Å². The number of hydrogen-bond donors (Lipinski definition) is 1. The first-order chi connectivity index (χ1) is 9.51. The lowest BCUT2D eigenvalue weighted by Crippen LogP contribution is -2.24. The monoisotopic (exact) mass is 277 g/mol. The Hall–Kier alpha value is -1.88. The van der Waals surface area contributed by atoms with Gasteiger partial charge in [-0.15, -0.1) is 0 Å². The predicted octanol–water partition coefficient (Wildman–Crippen LogP) is 1.31. The van der Waals surface area contributed by atoms with Crippen LogP contribution in [0.15, 0.2) is 18.2 Å². The Bertz CT molecular complexity index is 527. The van der Waals surface area contributed by atoms with Gasteiger partial charge in [-0.25, -0.2) is 0 Å². The van der Waals surface area contributed by atoms with Gasteiger partial charge in [0.25, 0.3) is 0 Å². The highest BCUT2D eigenvalue weighted by Crippen LogP contribution is 2.24. The van der Waals surface area contributed by atoms with Crippen molar-refractivity contribution in [1.82, 2.24) is 0 Å². The molecule has 20 heavy (non-hydrogen) atoms. The molecule has 0 aliphatic carbocycles. The maximum atomic E-state index is 11.5. The third-order valence-corrected chi connectivity index (χ3v) is 3.50. The number of anilines is 1. The molecule has 0 bridgehead atoms. The van der Waals surface area contributed by atoms with Gasteiger partial charge in [-0.1, -0.05) is 0 Å². The molecule has 1 aromatic carbocycles. The van der Waals surface area contributed by atoms with Gasteiger partial charge >= 0.3 is 5.97 Å². The molecule has 5 nitrogen and oxygen atoms in total. The number of rotatable bonds is 4. The van der Waals surface area contributed by atoms with Crippen molar-refractivity contribution in [1.29, 1.82) is 0 Å². The molecule has 0 aromatic heterocycles. The van der Waals surface area contributed by atoms with Crippen LogP contribution in [0.5, 0.6) is 0 Å². The summed E-state index contributed by atoms with van der Waals surface area (Å²) in [5.41, 5.74) is 2.40. The van der Waals surface area contributed by atoms with Gasteiger partial charge in [0, 0.05) is 31.1 Å². The Morgan fingerprint density at radius 2 is 2.20 bits per heavy atom. The van der Waals surface area contributed by atoms with Crippen molar-refractivity contribution in [2.45, 2.75) is 26.4 Å². The molecule has 1 heterocycles. The van der Waals surface area contributed by atoms with Gasteiger partial charge in [0.1, 0.15) is 12.7 Å². The summed E-state index contributed by atoms with van der Waals surface area (Å²) in [5.74, 6) is -0.523. The average Bonchev–Trinajstić information content (AvgIpc) is 2.85. The van der Waals surface area contributed by atoms with Crippen molar-refractivity contribution in [3.63, 3.8) is 0 Å². The third kappa shape index (κ3) is 3.17. The van der Waals surface area contributed by atoms with E-state index >= 15 is 0 Å². The van der Waals surface area contributed by atoms with Crippen molar-refractivity contribution in [2.75, 3.05) is 24.6 Å². The van der Waals surface area contributed by atoms with Gasteiger partial charge in [-0.05, 0) is 30.7 Å². The Kier molecular flexibility index (Phi) is 4.39. The molecule has 0 unspecified atom stereocenters. The van der Waals surface area contributed by atoms with E-state index in [4.69, 9.17) is 9.84 Å². The SMILES string of the molecule is CC(=O)O[C@@H]1CCN(c2ccc(C(=O)CO)c(C)c2)C1. The standard InChI is InChI=1S/C15H19NO4/c1-10-7-12(3-4-14(10)15(19)9-17)16-6-5-13(8-16)20-11(2)18/h3-4,7,13,17H,5-6,8-9H2,1-2H3/t13-/m1/s1. The second-order valence-electron chi connectivity index (χ2n) is 5.05. The van der Waals surface area contributed by atoms with E-state index < -0.39 is 6.61 Å². The maximum Gasteiger partial charge on any atom is 0.302 e. The van der Waals surface area contributed by atoms with Crippen LogP contribution < -0.4 is 4.90 Å². The summed E-state index contributed by atoms with van der Waals surface area (Å²) in [5, 5.41) is 8.90. The van der Waals surface area contributed by atoms with Crippen LogP contribution in [-0.2, 0) is 9.53 Å². The summed E-state index contributed by atoms with van der Waals surface area (Å²) in [6, 6.07) is 5.54. The fourth-order valence-electron chi connectivity index (χ4n) is 2.54. The zero-order chi connectivity index (χ0) is 14.7. The highest BCUT2D eigenvalue weighted by Gasteiger charge is 2.25. The highest BCUT2D eigenvalue weighted by atomic mass is 16.5. The largest absolute Gasteiger partial charge is 0.461 e. The van der Waals surface area contributed by atoms with Crippen LogP contribution >= 0.6 is 0 Å². The van der Waals surface area contributed by atoms with E-state index in [0.29, 0.717) is 12.1 Å². The second kappa shape index (κ2) is 6.05. The van der Waals surface area contributed by atoms with Crippen molar-refractivity contribution < 1.29 is 19.4 Å². The molecule has 1 N–H and O–H groups in total. The van der Waals surface area contributed by atoms with Crippen LogP contribution in [-0.4, -0.2) is 42.7 Å². The lowest BCUT2D eigenvalue weighted by Gasteiger charge is -2.19. The lowest BCUT2D eigenvalue weighted by molar-refractivity contribution is -0.145. The van der Waals surface area contributed by atoms with Gasteiger partial charge < -0.3 is 14.7 Å². The predicted molar refractivity (Wildman–Crippen MR) is 75.0 cm³/mol. The van der Waals surface area contributed by atoms with Crippen molar-refractivity contribution >= 4 is 17.4 Å². The van der Waals surface area contributed by atoms with Gasteiger partial charge in [-0.2, -0.15) is 0 Å². The first-order valence-corrected chi connectivity index (χ1v) is 6.68. The fraction of sp³-hybridized carbons (Fsp3) is 0.467. The Labute approximate surface area is 118 Å². The summed E-state index contributed by atoms with van der Waals surface area (Å²) in [7, 11) is 0. The van der Waals surface area contributed by atoms with Crippen LogP contribution in [0.25, 0.3) is 0 Å². The van der Waals surface area contributed by atoms with Gasteiger partial charge in [0.05, 0.1) is 6.54 Å². The average molecular weight is 277 g/mol. The quantitative estimate of drug-likeness (QED) is 0.664. The minimum absolute atomic E-state index is 0.0634. The number of carbonyl (C=O) groups is 2. The molecule has 1 fully saturated rings. The molecule has 0 radical (unpaired) electrons. The first kappa shape index (κ1) is 14.5. The summed E-state index contributed by atoms with van der Waals surface area (Å²) >= 11 is 0. The topological polar surface area (TPSA) is 66.8 Å². The van der Waals surface area contributed by atoms with E-state index in [0.717, 1.165) is 24.2 Å². The third-order valence-electron chi connectivity index (χ3n) is 3.50.